The molecule has 0 aliphatic rings. The van der Waals surface area contributed by atoms with Crippen LogP contribution in [0.1, 0.15) is 0 Å². The highest BCUT2D eigenvalue weighted by atomic mass is 16.3. The fraction of sp³-hybridized carbons (Fsp3) is 0. The van der Waals surface area contributed by atoms with Crippen molar-refractivity contribution in [2.75, 3.05) is 0 Å². The molecule has 0 saturated carbocycles. The van der Waals surface area contributed by atoms with Gasteiger partial charge in [-0.3, -0.25) is 0 Å². The zero-order valence-electron chi connectivity index (χ0n) is 26.9. The van der Waals surface area contributed by atoms with Crippen LogP contribution in [0, 0.1) is 0 Å². The van der Waals surface area contributed by atoms with E-state index in [1.807, 2.05) is 72.8 Å². The molecule has 5 heteroatoms. The van der Waals surface area contributed by atoms with Crippen molar-refractivity contribution in [2.24, 2.45) is 0 Å². The number of furan rings is 1. The van der Waals surface area contributed by atoms with Crippen LogP contribution in [0.4, 0.5) is 0 Å². The van der Waals surface area contributed by atoms with Gasteiger partial charge in [-0.25, -0.2) is 15.0 Å². The number of fused-ring (bicyclic) bond motifs is 6. The Balaban J connectivity index is 1.17. The highest BCUT2D eigenvalue weighted by Gasteiger charge is 2.18. The highest BCUT2D eigenvalue weighted by Crippen LogP contribution is 2.38. The molecule has 0 spiro atoms. The zero-order valence-corrected chi connectivity index (χ0v) is 26.9. The number of aromatic nitrogens is 4. The molecule has 10 aromatic rings. The van der Waals surface area contributed by atoms with Gasteiger partial charge < -0.3 is 8.98 Å². The van der Waals surface area contributed by atoms with Gasteiger partial charge in [-0.1, -0.05) is 127 Å². The van der Waals surface area contributed by atoms with E-state index in [0.29, 0.717) is 17.5 Å². The van der Waals surface area contributed by atoms with Crippen LogP contribution in [0.2, 0.25) is 0 Å². The van der Waals surface area contributed by atoms with Crippen molar-refractivity contribution < 1.29 is 4.42 Å². The zero-order chi connectivity index (χ0) is 33.0. The van der Waals surface area contributed by atoms with Crippen molar-refractivity contribution in [2.45, 2.75) is 0 Å². The normalized spacial score (nSPS) is 11.6. The van der Waals surface area contributed by atoms with Gasteiger partial charge in [-0.2, -0.15) is 0 Å². The summed E-state index contributed by atoms with van der Waals surface area (Å²) < 4.78 is 8.59. The van der Waals surface area contributed by atoms with E-state index in [1.165, 1.54) is 5.39 Å². The maximum absolute atomic E-state index is 6.25. The van der Waals surface area contributed by atoms with Gasteiger partial charge in [0, 0.05) is 43.9 Å². The van der Waals surface area contributed by atoms with Gasteiger partial charge in [0.2, 0.25) is 0 Å². The Morgan fingerprint density at radius 3 is 1.44 bits per heavy atom. The van der Waals surface area contributed by atoms with Gasteiger partial charge in [-0.15, -0.1) is 0 Å². The van der Waals surface area contributed by atoms with Crippen LogP contribution in [0.3, 0.4) is 0 Å². The number of para-hydroxylation sites is 2. The predicted molar refractivity (Wildman–Crippen MR) is 203 cm³/mol. The van der Waals surface area contributed by atoms with Crippen molar-refractivity contribution in [1.29, 1.82) is 0 Å². The van der Waals surface area contributed by atoms with Crippen molar-refractivity contribution in [3.8, 4) is 51.0 Å². The van der Waals surface area contributed by atoms with Gasteiger partial charge in [0.25, 0.3) is 0 Å². The van der Waals surface area contributed by atoms with Gasteiger partial charge in [-0.05, 0) is 53.6 Å². The molecular formula is C45H28N4O. The van der Waals surface area contributed by atoms with Crippen molar-refractivity contribution in [3.63, 3.8) is 0 Å². The average Bonchev–Trinajstić information content (AvgIpc) is 3.73. The Kier molecular flexibility index (Phi) is 6.42. The van der Waals surface area contributed by atoms with Crippen molar-refractivity contribution in [1.82, 2.24) is 19.5 Å². The average molecular weight is 641 g/mol. The number of hydrogen-bond donors (Lipinski definition) is 0. The summed E-state index contributed by atoms with van der Waals surface area (Å²) in [6.45, 7) is 0. The Labute approximate surface area is 287 Å². The summed E-state index contributed by atoms with van der Waals surface area (Å²) in [5.41, 5.74) is 10.1. The first-order chi connectivity index (χ1) is 24.8. The number of rotatable bonds is 5. The van der Waals surface area contributed by atoms with E-state index in [0.717, 1.165) is 71.9 Å². The number of nitrogens with zero attached hydrogens (tertiary/aromatic N) is 4. The molecule has 5 nitrogen and oxygen atoms in total. The SMILES string of the molecule is c1ccc(-c2nc(-c3ccccc3)nc(-c3ccc4c5ccc(-c6ccc7c(c6)oc6ccccc67)cc5n(-c5ccccc5)c4c3)n2)cc1. The Morgan fingerprint density at radius 1 is 0.340 bits per heavy atom. The molecular weight excluding hydrogens is 613 g/mol. The summed E-state index contributed by atoms with van der Waals surface area (Å²) in [5.74, 6) is 1.91. The van der Waals surface area contributed by atoms with Crippen LogP contribution < -0.4 is 0 Å². The molecule has 0 aliphatic heterocycles. The minimum Gasteiger partial charge on any atom is -0.456 e. The molecule has 3 heterocycles. The quantitative estimate of drug-likeness (QED) is 0.188. The number of benzene rings is 7. The molecule has 234 valence electrons. The highest BCUT2D eigenvalue weighted by molar-refractivity contribution is 6.11. The van der Waals surface area contributed by atoms with E-state index < -0.39 is 0 Å². The Hall–Kier alpha value is -6.85. The largest absolute Gasteiger partial charge is 0.456 e. The van der Waals surface area contributed by atoms with Gasteiger partial charge in [0.1, 0.15) is 11.2 Å². The molecule has 0 unspecified atom stereocenters. The van der Waals surface area contributed by atoms with Crippen molar-refractivity contribution >= 4 is 43.7 Å². The molecule has 0 fully saturated rings. The molecule has 50 heavy (non-hydrogen) atoms. The third-order valence-electron chi connectivity index (χ3n) is 9.45. The van der Waals surface area contributed by atoms with E-state index in [1.54, 1.807) is 0 Å². The maximum Gasteiger partial charge on any atom is 0.164 e. The molecule has 10 rings (SSSR count). The molecule has 0 bridgehead atoms. The van der Waals surface area contributed by atoms with Crippen molar-refractivity contribution in [3.05, 3.63) is 170 Å². The Morgan fingerprint density at radius 2 is 0.800 bits per heavy atom. The fourth-order valence-electron chi connectivity index (χ4n) is 7.04. The lowest BCUT2D eigenvalue weighted by atomic mass is 10.0. The maximum atomic E-state index is 6.25. The summed E-state index contributed by atoms with van der Waals surface area (Å²) >= 11 is 0. The summed E-state index contributed by atoms with van der Waals surface area (Å²) in [6, 6.07) is 58.7. The monoisotopic (exact) mass is 640 g/mol. The van der Waals surface area contributed by atoms with Gasteiger partial charge in [0.05, 0.1) is 11.0 Å². The lowest BCUT2D eigenvalue weighted by molar-refractivity contribution is 0.669. The minimum absolute atomic E-state index is 0.629. The molecule has 0 aliphatic carbocycles. The first-order valence-corrected chi connectivity index (χ1v) is 16.7. The van der Waals surface area contributed by atoms with Gasteiger partial charge in [0.15, 0.2) is 17.5 Å². The molecule has 0 radical (unpaired) electrons. The van der Waals surface area contributed by atoms with Gasteiger partial charge >= 0.3 is 0 Å². The second-order valence-electron chi connectivity index (χ2n) is 12.5. The van der Waals surface area contributed by atoms with Crippen LogP contribution in [-0.2, 0) is 0 Å². The summed E-state index contributed by atoms with van der Waals surface area (Å²) in [5, 5.41) is 4.59. The summed E-state index contributed by atoms with van der Waals surface area (Å²) in [4.78, 5) is 14.9. The molecule has 7 aromatic carbocycles. The summed E-state index contributed by atoms with van der Waals surface area (Å²) in [6.07, 6.45) is 0. The third-order valence-corrected chi connectivity index (χ3v) is 9.45. The fourth-order valence-corrected chi connectivity index (χ4v) is 7.04. The molecule has 0 N–H and O–H groups in total. The molecule has 0 atom stereocenters. The second-order valence-corrected chi connectivity index (χ2v) is 12.5. The standard InChI is InChI=1S/C45H28N4O/c1-4-12-29(13-5-1)43-46-44(30-14-6-2-7-15-30)48-45(47-43)33-22-24-36-35-23-20-31(26-39(35)49(40(36)27-33)34-16-8-3-9-17-34)32-21-25-38-37-18-10-11-19-41(37)50-42(38)28-32/h1-28H. The lowest BCUT2D eigenvalue weighted by Gasteiger charge is -2.11. The first-order valence-electron chi connectivity index (χ1n) is 16.7. The lowest BCUT2D eigenvalue weighted by Crippen LogP contribution is -2.00. The third kappa shape index (κ3) is 4.67. The van der Waals surface area contributed by atoms with E-state index in [9.17, 15) is 0 Å². The van der Waals surface area contributed by atoms with Crippen LogP contribution in [0.25, 0.3) is 94.7 Å². The number of hydrogen-bond acceptors (Lipinski definition) is 4. The first kappa shape index (κ1) is 28.2. The Bertz CT molecular complexity index is 2800. The predicted octanol–water partition coefficient (Wildman–Crippen LogP) is 11.5. The molecule has 3 aromatic heterocycles. The van der Waals surface area contributed by atoms with E-state index in [4.69, 9.17) is 19.4 Å². The van der Waals surface area contributed by atoms with E-state index >= 15 is 0 Å². The van der Waals surface area contributed by atoms with E-state index in [2.05, 4.69) is 102 Å². The molecule has 0 amide bonds. The smallest absolute Gasteiger partial charge is 0.164 e. The molecule has 0 saturated heterocycles. The van der Waals surface area contributed by atoms with Crippen LogP contribution >= 0.6 is 0 Å². The van der Waals surface area contributed by atoms with E-state index in [-0.39, 0.29) is 0 Å². The van der Waals surface area contributed by atoms with Crippen LogP contribution in [-0.4, -0.2) is 19.5 Å². The minimum atomic E-state index is 0.629. The van der Waals surface area contributed by atoms with Crippen LogP contribution in [0.15, 0.2) is 174 Å². The van der Waals surface area contributed by atoms with Crippen LogP contribution in [0.5, 0.6) is 0 Å². The second kappa shape index (κ2) is 11.4. The topological polar surface area (TPSA) is 56.7 Å². The summed E-state index contributed by atoms with van der Waals surface area (Å²) in [7, 11) is 0.